The van der Waals surface area contributed by atoms with Gasteiger partial charge < -0.3 is 4.57 Å². The molecular formula is C20H29N. The van der Waals surface area contributed by atoms with Gasteiger partial charge in [0.05, 0.1) is 0 Å². The molecule has 2 unspecified atom stereocenters. The summed E-state index contributed by atoms with van der Waals surface area (Å²) in [6.45, 7) is 0. The highest BCUT2D eigenvalue weighted by molar-refractivity contribution is 5.27. The molecule has 4 rings (SSSR count). The van der Waals surface area contributed by atoms with E-state index in [1.54, 1.807) is 11.1 Å². The van der Waals surface area contributed by atoms with Gasteiger partial charge in [-0.1, -0.05) is 37.8 Å². The van der Waals surface area contributed by atoms with Crippen LogP contribution in [0.1, 0.15) is 75.0 Å². The van der Waals surface area contributed by atoms with Gasteiger partial charge >= 0.3 is 0 Å². The van der Waals surface area contributed by atoms with E-state index in [4.69, 9.17) is 0 Å². The molecule has 3 aliphatic rings. The van der Waals surface area contributed by atoms with Crippen LogP contribution in [0.25, 0.3) is 0 Å². The van der Waals surface area contributed by atoms with E-state index >= 15 is 0 Å². The average Bonchev–Trinajstić information content (AvgIpc) is 3.17. The number of nitrogens with zero attached hydrogens (tertiary/aromatic N) is 1. The lowest BCUT2D eigenvalue weighted by Crippen LogP contribution is -2.09. The quantitative estimate of drug-likeness (QED) is 0.636. The minimum Gasteiger partial charge on any atom is -0.351 e. The van der Waals surface area contributed by atoms with Crippen LogP contribution in [0.4, 0.5) is 0 Å². The molecule has 0 aliphatic heterocycles. The zero-order valence-corrected chi connectivity index (χ0v) is 13.3. The second-order valence-corrected chi connectivity index (χ2v) is 7.58. The molecule has 2 atom stereocenters. The number of rotatable bonds is 2. The molecule has 3 aliphatic carbocycles. The lowest BCUT2D eigenvalue weighted by molar-refractivity contribution is 0.334. The van der Waals surface area contributed by atoms with Gasteiger partial charge in [0.25, 0.3) is 0 Å². The van der Waals surface area contributed by atoms with Gasteiger partial charge in [0, 0.05) is 18.4 Å². The number of hydrogen-bond donors (Lipinski definition) is 0. The molecule has 2 saturated carbocycles. The number of aromatic nitrogens is 1. The summed E-state index contributed by atoms with van der Waals surface area (Å²) in [5, 5.41) is 0. The van der Waals surface area contributed by atoms with Crippen LogP contribution in [0.2, 0.25) is 0 Å². The molecule has 0 amide bonds. The molecule has 21 heavy (non-hydrogen) atoms. The van der Waals surface area contributed by atoms with Crippen LogP contribution in [-0.2, 0) is 12.8 Å². The van der Waals surface area contributed by atoms with Gasteiger partial charge in [-0.3, -0.25) is 0 Å². The molecule has 1 heteroatoms. The largest absolute Gasteiger partial charge is 0.351 e. The summed E-state index contributed by atoms with van der Waals surface area (Å²) in [5.74, 6) is 2.10. The highest BCUT2D eigenvalue weighted by Crippen LogP contribution is 2.44. The summed E-state index contributed by atoms with van der Waals surface area (Å²) in [5.41, 5.74) is 3.26. The molecule has 114 valence electrons. The van der Waals surface area contributed by atoms with Crippen LogP contribution in [0.15, 0.2) is 24.5 Å². The van der Waals surface area contributed by atoms with E-state index in [0.29, 0.717) is 0 Å². The summed E-state index contributed by atoms with van der Waals surface area (Å²) in [4.78, 5) is 0. The maximum absolute atomic E-state index is 2.60. The van der Waals surface area contributed by atoms with Gasteiger partial charge in [0.15, 0.2) is 0 Å². The summed E-state index contributed by atoms with van der Waals surface area (Å²) in [7, 11) is 0. The smallest absolute Gasteiger partial charge is 0.0333 e. The van der Waals surface area contributed by atoms with Crippen molar-refractivity contribution in [2.45, 2.75) is 76.7 Å². The van der Waals surface area contributed by atoms with Crippen molar-refractivity contribution in [1.82, 2.24) is 4.57 Å². The summed E-state index contributed by atoms with van der Waals surface area (Å²) in [6, 6.07) is 0.803. The molecule has 0 bridgehead atoms. The fraction of sp³-hybridized carbons (Fsp3) is 0.700. The molecule has 1 aromatic rings. The monoisotopic (exact) mass is 283 g/mol. The van der Waals surface area contributed by atoms with Gasteiger partial charge in [0.1, 0.15) is 0 Å². The van der Waals surface area contributed by atoms with Crippen molar-refractivity contribution in [3.63, 3.8) is 0 Å². The zero-order chi connectivity index (χ0) is 14.1. The van der Waals surface area contributed by atoms with Crippen molar-refractivity contribution in [2.75, 3.05) is 0 Å². The Hall–Kier alpha value is -0.980. The maximum atomic E-state index is 2.60. The molecule has 2 fully saturated rings. The Balaban J connectivity index is 1.46. The molecule has 0 spiro atoms. The fourth-order valence-electron chi connectivity index (χ4n) is 5.06. The second kappa shape index (κ2) is 6.02. The Kier molecular flexibility index (Phi) is 3.92. The van der Waals surface area contributed by atoms with Crippen molar-refractivity contribution in [1.29, 1.82) is 0 Å². The third kappa shape index (κ3) is 2.84. The minimum atomic E-state index is 0.803. The third-order valence-electron chi connectivity index (χ3n) is 6.28. The Labute approximate surface area is 129 Å². The van der Waals surface area contributed by atoms with Gasteiger partial charge in [0.2, 0.25) is 0 Å². The molecule has 0 aromatic carbocycles. The molecule has 1 nitrogen and oxygen atoms in total. The Morgan fingerprint density at radius 1 is 0.762 bits per heavy atom. The normalized spacial score (nSPS) is 31.8. The highest BCUT2D eigenvalue weighted by atomic mass is 15.0. The third-order valence-corrected chi connectivity index (χ3v) is 6.28. The standard InChI is InChI=1S/C20H29N/c1-2-4-10-19-15-21(14-18(19)9-3-1)20-12-11-17(13-20)16-7-5-6-8-16/h1-2,14-17,20H,3-13H2/b2-1+. The van der Waals surface area contributed by atoms with Crippen molar-refractivity contribution >= 4 is 0 Å². The molecule has 0 saturated heterocycles. The first-order chi connectivity index (χ1) is 10.4. The lowest BCUT2D eigenvalue weighted by Gasteiger charge is -2.18. The molecule has 1 heterocycles. The van der Waals surface area contributed by atoms with Crippen LogP contribution in [0.5, 0.6) is 0 Å². The number of aryl methyl sites for hydroxylation is 2. The Morgan fingerprint density at radius 3 is 2.10 bits per heavy atom. The number of hydrogen-bond acceptors (Lipinski definition) is 0. The van der Waals surface area contributed by atoms with Crippen LogP contribution in [0.3, 0.4) is 0 Å². The second-order valence-electron chi connectivity index (χ2n) is 7.58. The summed E-state index contributed by atoms with van der Waals surface area (Å²) in [6.07, 6.45) is 25.1. The van der Waals surface area contributed by atoms with E-state index in [2.05, 4.69) is 29.1 Å². The predicted molar refractivity (Wildman–Crippen MR) is 88.6 cm³/mol. The van der Waals surface area contributed by atoms with Crippen LogP contribution in [-0.4, -0.2) is 4.57 Å². The summed E-state index contributed by atoms with van der Waals surface area (Å²) >= 11 is 0. The van der Waals surface area contributed by atoms with Crippen molar-refractivity contribution in [3.8, 4) is 0 Å². The van der Waals surface area contributed by atoms with E-state index in [9.17, 15) is 0 Å². The van der Waals surface area contributed by atoms with Crippen molar-refractivity contribution < 1.29 is 0 Å². The number of allylic oxidation sites excluding steroid dienone is 2. The maximum Gasteiger partial charge on any atom is 0.0333 e. The lowest BCUT2D eigenvalue weighted by atomic mass is 9.89. The fourth-order valence-corrected chi connectivity index (χ4v) is 5.06. The topological polar surface area (TPSA) is 4.93 Å². The van der Waals surface area contributed by atoms with E-state index in [1.807, 2.05) is 0 Å². The highest BCUT2D eigenvalue weighted by Gasteiger charge is 2.33. The zero-order valence-electron chi connectivity index (χ0n) is 13.3. The van der Waals surface area contributed by atoms with Gasteiger partial charge in [-0.2, -0.15) is 0 Å². The van der Waals surface area contributed by atoms with Crippen LogP contribution >= 0.6 is 0 Å². The van der Waals surface area contributed by atoms with E-state index in [-0.39, 0.29) is 0 Å². The first-order valence-corrected chi connectivity index (χ1v) is 9.24. The van der Waals surface area contributed by atoms with Gasteiger partial charge in [-0.15, -0.1) is 0 Å². The SMILES string of the molecule is C1=C/CCc2cn(C3CCC(C4CCCC4)C3)cc2CC/1. The first-order valence-electron chi connectivity index (χ1n) is 9.24. The van der Waals surface area contributed by atoms with Gasteiger partial charge in [-0.25, -0.2) is 0 Å². The Bertz CT molecular complexity index is 476. The van der Waals surface area contributed by atoms with E-state index in [0.717, 1.165) is 17.9 Å². The summed E-state index contributed by atoms with van der Waals surface area (Å²) < 4.78 is 2.60. The van der Waals surface area contributed by atoms with Crippen LogP contribution in [0, 0.1) is 11.8 Å². The first kappa shape index (κ1) is 13.7. The molecule has 1 aromatic heterocycles. The van der Waals surface area contributed by atoms with Gasteiger partial charge in [-0.05, 0) is 67.9 Å². The molecule has 0 N–H and O–H groups in total. The molecule has 0 radical (unpaired) electrons. The van der Waals surface area contributed by atoms with E-state index < -0.39 is 0 Å². The minimum absolute atomic E-state index is 0.803. The van der Waals surface area contributed by atoms with Crippen molar-refractivity contribution in [3.05, 3.63) is 35.7 Å². The number of fused-ring (bicyclic) bond motifs is 1. The molecular weight excluding hydrogens is 254 g/mol. The van der Waals surface area contributed by atoms with E-state index in [1.165, 1.54) is 70.6 Å². The van der Waals surface area contributed by atoms with Crippen LogP contribution < -0.4 is 0 Å². The average molecular weight is 283 g/mol. The predicted octanol–water partition coefficient (Wildman–Crippen LogP) is 5.45. The Morgan fingerprint density at radius 2 is 1.43 bits per heavy atom. The van der Waals surface area contributed by atoms with Crippen molar-refractivity contribution in [2.24, 2.45) is 11.8 Å².